The highest BCUT2D eigenvalue weighted by molar-refractivity contribution is 6.06. The van der Waals surface area contributed by atoms with E-state index >= 15 is 0 Å². The lowest BCUT2D eigenvalue weighted by molar-refractivity contribution is -0.384. The smallest absolute Gasteiger partial charge is 0.269 e. The topological polar surface area (TPSA) is 102 Å². The van der Waals surface area contributed by atoms with Gasteiger partial charge in [0.15, 0.2) is 0 Å². The summed E-state index contributed by atoms with van der Waals surface area (Å²) in [6.07, 6.45) is 6.51. The van der Waals surface area contributed by atoms with Crippen molar-refractivity contribution in [1.82, 2.24) is 5.01 Å². The Morgan fingerprint density at radius 2 is 1.61 bits per heavy atom. The average Bonchev–Trinajstić information content (AvgIpc) is 3.46. The van der Waals surface area contributed by atoms with Crippen LogP contribution in [0.25, 0.3) is 0 Å². The number of rotatable bonds is 6. The number of amides is 2. The molecule has 1 heterocycles. The molecule has 31 heavy (non-hydrogen) atoms. The van der Waals surface area contributed by atoms with Crippen molar-refractivity contribution in [3.8, 4) is 5.75 Å². The summed E-state index contributed by atoms with van der Waals surface area (Å²) in [6.45, 7) is 0.279. The maximum atomic E-state index is 12.6. The van der Waals surface area contributed by atoms with Crippen LogP contribution in [-0.4, -0.2) is 28.0 Å². The van der Waals surface area contributed by atoms with Crippen LogP contribution in [0, 0.1) is 33.8 Å². The van der Waals surface area contributed by atoms with Gasteiger partial charge in [-0.25, -0.2) is 0 Å². The fourth-order valence-corrected chi connectivity index (χ4v) is 4.66. The minimum Gasteiger partial charge on any atom is -0.489 e. The summed E-state index contributed by atoms with van der Waals surface area (Å²) in [5.41, 5.74) is 1.59. The Kier molecular flexibility index (Phi) is 4.62. The number of hydrazone groups is 1. The highest BCUT2D eigenvalue weighted by Gasteiger charge is 2.59. The van der Waals surface area contributed by atoms with Crippen LogP contribution < -0.4 is 4.74 Å². The summed E-state index contributed by atoms with van der Waals surface area (Å²) >= 11 is 0. The van der Waals surface area contributed by atoms with Gasteiger partial charge in [0.1, 0.15) is 12.4 Å². The number of ether oxygens (including phenoxy) is 1. The molecule has 0 N–H and O–H groups in total. The second-order valence-corrected chi connectivity index (χ2v) is 8.01. The molecule has 1 saturated carbocycles. The Morgan fingerprint density at radius 3 is 2.19 bits per heavy atom. The van der Waals surface area contributed by atoms with Crippen molar-refractivity contribution in [1.29, 1.82) is 0 Å². The van der Waals surface area contributed by atoms with E-state index in [0.29, 0.717) is 5.75 Å². The van der Waals surface area contributed by atoms with E-state index in [9.17, 15) is 19.7 Å². The average molecular weight is 417 g/mol. The van der Waals surface area contributed by atoms with E-state index in [0.717, 1.165) is 22.6 Å². The number of allylic oxidation sites excluding steroid dienone is 2. The first kappa shape index (κ1) is 19.2. The zero-order chi connectivity index (χ0) is 21.5. The molecule has 2 aromatic rings. The van der Waals surface area contributed by atoms with Crippen LogP contribution >= 0.6 is 0 Å². The van der Waals surface area contributed by atoms with E-state index < -0.39 is 4.92 Å². The Bertz CT molecular complexity index is 1080. The third-order valence-electron chi connectivity index (χ3n) is 6.20. The van der Waals surface area contributed by atoms with Crippen LogP contribution in [0.5, 0.6) is 5.75 Å². The lowest BCUT2D eigenvalue weighted by Crippen LogP contribution is -2.28. The van der Waals surface area contributed by atoms with E-state index in [4.69, 9.17) is 4.74 Å². The van der Waals surface area contributed by atoms with Gasteiger partial charge in [0.05, 0.1) is 23.0 Å². The van der Waals surface area contributed by atoms with Gasteiger partial charge in [0.2, 0.25) is 0 Å². The molecule has 2 bridgehead atoms. The van der Waals surface area contributed by atoms with Crippen molar-refractivity contribution < 1.29 is 19.2 Å². The zero-order valence-corrected chi connectivity index (χ0v) is 16.5. The minimum atomic E-state index is -0.443. The summed E-state index contributed by atoms with van der Waals surface area (Å²) < 4.78 is 5.70. The monoisotopic (exact) mass is 417 g/mol. The highest BCUT2D eigenvalue weighted by Crippen LogP contribution is 2.52. The van der Waals surface area contributed by atoms with Gasteiger partial charge in [-0.1, -0.05) is 12.2 Å². The number of imide groups is 1. The summed E-state index contributed by atoms with van der Waals surface area (Å²) in [5, 5.41) is 15.9. The Hall–Kier alpha value is -3.81. The zero-order valence-electron chi connectivity index (χ0n) is 16.5. The highest BCUT2D eigenvalue weighted by atomic mass is 16.6. The number of nitrogens with zero attached hydrogens (tertiary/aromatic N) is 3. The Morgan fingerprint density at radius 1 is 1.00 bits per heavy atom. The fourth-order valence-electron chi connectivity index (χ4n) is 4.66. The van der Waals surface area contributed by atoms with E-state index in [1.165, 1.54) is 18.3 Å². The van der Waals surface area contributed by atoms with E-state index in [1.54, 1.807) is 36.4 Å². The number of benzene rings is 2. The molecule has 2 amide bonds. The molecule has 8 heteroatoms. The molecule has 0 radical (unpaired) electrons. The molecule has 2 aromatic carbocycles. The Labute approximate surface area is 178 Å². The molecule has 3 aliphatic rings. The molecule has 156 valence electrons. The van der Waals surface area contributed by atoms with E-state index in [1.807, 2.05) is 0 Å². The number of nitro groups is 1. The summed E-state index contributed by atoms with van der Waals surface area (Å²) in [6, 6.07) is 13.3. The number of hydrogen-bond acceptors (Lipinski definition) is 6. The SMILES string of the molecule is O=C1C2C3C=CC(C3)C2C(=O)N1N=Cc1ccc(OCc2ccc([N+](=O)[O-])cc2)cc1. The Balaban J connectivity index is 1.20. The fraction of sp³-hybridized carbons (Fsp3) is 0.261. The van der Waals surface area contributed by atoms with Gasteiger partial charge < -0.3 is 4.74 Å². The van der Waals surface area contributed by atoms with Crippen LogP contribution in [0.2, 0.25) is 0 Å². The minimum absolute atomic E-state index is 0.0369. The first-order valence-electron chi connectivity index (χ1n) is 10.1. The standard InChI is InChI=1S/C23H19N3O5/c27-22-20-16-5-6-17(11-16)21(20)23(28)25(22)24-12-14-3-9-19(10-4-14)31-13-15-1-7-18(8-2-15)26(29)30/h1-10,12,16-17,20-21H,11,13H2. The van der Waals surface area contributed by atoms with Crippen LogP contribution in [-0.2, 0) is 16.2 Å². The second-order valence-electron chi connectivity index (χ2n) is 8.01. The maximum absolute atomic E-state index is 12.6. The van der Waals surface area contributed by atoms with Gasteiger partial charge in [0.25, 0.3) is 17.5 Å². The molecule has 0 aromatic heterocycles. The normalized spacial score (nSPS) is 26.1. The molecule has 4 atom stereocenters. The molecular weight excluding hydrogens is 398 g/mol. The molecule has 1 aliphatic heterocycles. The predicted molar refractivity (Wildman–Crippen MR) is 111 cm³/mol. The molecule has 0 spiro atoms. The number of nitro benzene ring substituents is 1. The number of carbonyl (C=O) groups is 2. The van der Waals surface area contributed by atoms with Gasteiger partial charge in [-0.05, 0) is 65.8 Å². The largest absolute Gasteiger partial charge is 0.489 e. The van der Waals surface area contributed by atoms with Gasteiger partial charge in [0, 0.05) is 12.1 Å². The van der Waals surface area contributed by atoms with Gasteiger partial charge in [-0.15, -0.1) is 0 Å². The van der Waals surface area contributed by atoms with Crippen LogP contribution in [0.15, 0.2) is 65.8 Å². The quantitative estimate of drug-likeness (QED) is 0.236. The predicted octanol–water partition coefficient (Wildman–Crippen LogP) is 3.31. The number of fused-ring (bicyclic) bond motifs is 5. The third-order valence-corrected chi connectivity index (χ3v) is 6.20. The van der Waals surface area contributed by atoms with Crippen LogP contribution in [0.1, 0.15) is 17.5 Å². The van der Waals surface area contributed by atoms with E-state index in [-0.39, 0.29) is 47.8 Å². The molecule has 2 fully saturated rings. The summed E-state index contributed by atoms with van der Waals surface area (Å²) in [5.74, 6) is 0.0423. The van der Waals surface area contributed by atoms with Crippen molar-refractivity contribution >= 4 is 23.7 Å². The van der Waals surface area contributed by atoms with E-state index in [2.05, 4.69) is 17.3 Å². The second kappa shape index (κ2) is 7.46. The first-order valence-corrected chi connectivity index (χ1v) is 10.1. The van der Waals surface area contributed by atoms with Crippen LogP contribution in [0.3, 0.4) is 0 Å². The van der Waals surface area contributed by atoms with Gasteiger partial charge in [-0.3, -0.25) is 19.7 Å². The lowest BCUT2D eigenvalue weighted by Gasteiger charge is -2.13. The first-order chi connectivity index (χ1) is 15.0. The molecule has 4 unspecified atom stereocenters. The summed E-state index contributed by atoms with van der Waals surface area (Å²) in [7, 11) is 0. The number of non-ortho nitro benzene ring substituents is 1. The van der Waals surface area contributed by atoms with Crippen molar-refractivity contribution in [2.45, 2.75) is 13.0 Å². The molecule has 5 rings (SSSR count). The van der Waals surface area contributed by atoms with Gasteiger partial charge >= 0.3 is 0 Å². The van der Waals surface area contributed by atoms with Crippen molar-refractivity contribution in [3.63, 3.8) is 0 Å². The lowest BCUT2D eigenvalue weighted by atomic mass is 9.85. The van der Waals surface area contributed by atoms with Crippen molar-refractivity contribution in [2.75, 3.05) is 0 Å². The van der Waals surface area contributed by atoms with Crippen molar-refractivity contribution in [3.05, 3.63) is 81.9 Å². The molecular formula is C23H19N3O5. The van der Waals surface area contributed by atoms with Crippen molar-refractivity contribution in [2.24, 2.45) is 28.8 Å². The summed E-state index contributed by atoms with van der Waals surface area (Å²) in [4.78, 5) is 35.5. The third kappa shape index (κ3) is 3.39. The number of carbonyl (C=O) groups excluding carboxylic acids is 2. The van der Waals surface area contributed by atoms with Crippen LogP contribution in [0.4, 0.5) is 5.69 Å². The van der Waals surface area contributed by atoms with Gasteiger partial charge in [-0.2, -0.15) is 10.1 Å². The molecule has 8 nitrogen and oxygen atoms in total. The molecule has 2 aliphatic carbocycles. The maximum Gasteiger partial charge on any atom is 0.269 e. The molecule has 1 saturated heterocycles. The number of hydrogen-bond donors (Lipinski definition) is 0.